The Morgan fingerprint density at radius 2 is 2.22 bits per heavy atom. The summed E-state index contributed by atoms with van der Waals surface area (Å²) in [6.07, 6.45) is -3.02. The van der Waals surface area contributed by atoms with Crippen LogP contribution in [0.5, 0.6) is 0 Å². The van der Waals surface area contributed by atoms with Crippen molar-refractivity contribution in [3.05, 3.63) is 32.6 Å². The third-order valence-electron chi connectivity index (χ3n) is 3.17. The van der Waals surface area contributed by atoms with Gasteiger partial charge in [-0.15, -0.1) is 0 Å². The Bertz CT molecular complexity index is 730. The second kappa shape index (κ2) is 6.97. The average molecular weight is 345 g/mol. The molecule has 1 aliphatic rings. The zero-order chi connectivity index (χ0) is 17.1. The number of ether oxygens (including phenoxy) is 1. The highest BCUT2D eigenvalue weighted by molar-refractivity contribution is 7.80. The molecule has 126 valence electrons. The first-order valence-electron chi connectivity index (χ1n) is 6.41. The summed E-state index contributed by atoms with van der Waals surface area (Å²) >= 11 is 4.54. The SMILES string of the molecule is NC(=S)N/N=C/c1cn([C@@H]2O[C@H](CO)[C@@H](O)[C@H]2O)c(=O)[nH]c1=O. The van der Waals surface area contributed by atoms with Gasteiger partial charge >= 0.3 is 5.69 Å². The third kappa shape index (κ3) is 3.62. The van der Waals surface area contributed by atoms with Crippen molar-refractivity contribution in [2.24, 2.45) is 10.8 Å². The van der Waals surface area contributed by atoms with Crippen LogP contribution in [0.25, 0.3) is 0 Å². The van der Waals surface area contributed by atoms with Gasteiger partial charge in [-0.25, -0.2) is 4.79 Å². The van der Waals surface area contributed by atoms with Crippen molar-refractivity contribution in [3.63, 3.8) is 0 Å². The lowest BCUT2D eigenvalue weighted by molar-refractivity contribution is -0.0550. The zero-order valence-corrected chi connectivity index (χ0v) is 12.4. The number of thiocarbonyl (C=S) groups is 1. The van der Waals surface area contributed by atoms with E-state index in [9.17, 15) is 19.8 Å². The maximum atomic E-state index is 11.9. The molecular weight excluding hydrogens is 330 g/mol. The molecule has 12 heteroatoms. The molecule has 0 unspecified atom stereocenters. The highest BCUT2D eigenvalue weighted by atomic mass is 32.1. The van der Waals surface area contributed by atoms with Crippen molar-refractivity contribution in [1.82, 2.24) is 15.0 Å². The molecule has 4 atom stereocenters. The number of hydrogen-bond acceptors (Lipinski definition) is 8. The van der Waals surface area contributed by atoms with E-state index in [2.05, 4.69) is 22.7 Å². The van der Waals surface area contributed by atoms with E-state index < -0.39 is 42.4 Å². The standard InChI is InChI=1S/C11H15N5O6S/c12-10(23)15-13-1-4-2-16(11(21)14-8(4)20)9-7(19)6(18)5(3-17)22-9/h1-2,5-7,9,17-19H,3H2,(H3,12,15,23)(H,14,20,21)/b13-1+/t5-,6-,7-,9-/m1/s1. The summed E-state index contributed by atoms with van der Waals surface area (Å²) in [5.41, 5.74) is 5.78. The third-order valence-corrected chi connectivity index (χ3v) is 3.26. The summed E-state index contributed by atoms with van der Waals surface area (Å²) in [5, 5.41) is 32.2. The van der Waals surface area contributed by atoms with Crippen LogP contribution in [-0.4, -0.2) is 61.1 Å². The average Bonchev–Trinajstić information content (AvgIpc) is 2.77. The lowest BCUT2D eigenvalue weighted by Crippen LogP contribution is -2.39. The molecule has 2 heterocycles. The number of aliphatic hydroxyl groups is 3. The van der Waals surface area contributed by atoms with E-state index in [0.717, 1.165) is 17.0 Å². The second-order valence-corrected chi connectivity index (χ2v) is 5.15. The molecule has 0 amide bonds. The lowest BCUT2D eigenvalue weighted by atomic mass is 10.1. The number of hydrazone groups is 1. The number of rotatable bonds is 4. The van der Waals surface area contributed by atoms with E-state index >= 15 is 0 Å². The molecule has 1 aromatic rings. The number of nitrogens with one attached hydrogen (secondary N) is 2. The van der Waals surface area contributed by atoms with E-state index in [4.69, 9.17) is 15.6 Å². The van der Waals surface area contributed by atoms with Crippen molar-refractivity contribution in [3.8, 4) is 0 Å². The van der Waals surface area contributed by atoms with Crippen molar-refractivity contribution >= 4 is 23.5 Å². The Kier molecular flexibility index (Phi) is 5.23. The van der Waals surface area contributed by atoms with Crippen LogP contribution in [0.1, 0.15) is 11.8 Å². The Balaban J connectivity index is 2.36. The fraction of sp³-hybridized carbons (Fsp3) is 0.455. The predicted octanol–water partition coefficient (Wildman–Crippen LogP) is -3.68. The van der Waals surface area contributed by atoms with Gasteiger partial charge in [0.1, 0.15) is 18.3 Å². The van der Waals surface area contributed by atoms with Gasteiger partial charge in [-0.2, -0.15) is 5.10 Å². The molecule has 0 spiro atoms. The van der Waals surface area contributed by atoms with Gasteiger partial charge in [-0.1, -0.05) is 0 Å². The van der Waals surface area contributed by atoms with Crippen LogP contribution in [0.4, 0.5) is 0 Å². The minimum Gasteiger partial charge on any atom is -0.394 e. The van der Waals surface area contributed by atoms with Gasteiger partial charge in [0.15, 0.2) is 11.3 Å². The Morgan fingerprint density at radius 1 is 1.52 bits per heavy atom. The van der Waals surface area contributed by atoms with Gasteiger partial charge in [0.25, 0.3) is 5.56 Å². The minimum atomic E-state index is -1.46. The summed E-state index contributed by atoms with van der Waals surface area (Å²) in [4.78, 5) is 25.6. The van der Waals surface area contributed by atoms with Crippen LogP contribution in [0, 0.1) is 0 Å². The highest BCUT2D eigenvalue weighted by Gasteiger charge is 2.43. The molecular formula is C11H15N5O6S. The second-order valence-electron chi connectivity index (χ2n) is 4.71. The van der Waals surface area contributed by atoms with E-state index in [0.29, 0.717) is 0 Å². The Hall–Kier alpha value is -2.12. The number of aromatic amines is 1. The number of nitrogens with two attached hydrogens (primary N) is 1. The van der Waals surface area contributed by atoms with Crippen LogP contribution >= 0.6 is 12.2 Å². The van der Waals surface area contributed by atoms with Crippen molar-refractivity contribution < 1.29 is 20.1 Å². The number of aromatic nitrogens is 2. The highest BCUT2D eigenvalue weighted by Crippen LogP contribution is 2.27. The van der Waals surface area contributed by atoms with Gasteiger partial charge in [0.2, 0.25) is 0 Å². The quantitative estimate of drug-likeness (QED) is 0.182. The predicted molar refractivity (Wildman–Crippen MR) is 81.8 cm³/mol. The maximum Gasteiger partial charge on any atom is 0.330 e. The summed E-state index contributed by atoms with van der Waals surface area (Å²) in [7, 11) is 0. The largest absolute Gasteiger partial charge is 0.394 e. The normalized spacial score (nSPS) is 27.4. The summed E-state index contributed by atoms with van der Waals surface area (Å²) < 4.78 is 6.11. The molecule has 11 nitrogen and oxygen atoms in total. The van der Waals surface area contributed by atoms with Crippen LogP contribution in [0.3, 0.4) is 0 Å². The number of nitrogens with zero attached hydrogens (tertiary/aromatic N) is 2. The smallest absolute Gasteiger partial charge is 0.330 e. The molecule has 1 aliphatic heterocycles. The fourth-order valence-electron chi connectivity index (χ4n) is 2.06. The molecule has 23 heavy (non-hydrogen) atoms. The Morgan fingerprint density at radius 3 is 2.78 bits per heavy atom. The molecule has 1 saturated heterocycles. The van der Waals surface area contributed by atoms with E-state index in [1.54, 1.807) is 0 Å². The first-order valence-corrected chi connectivity index (χ1v) is 6.82. The fourth-order valence-corrected chi connectivity index (χ4v) is 2.11. The van der Waals surface area contributed by atoms with Gasteiger partial charge < -0.3 is 25.8 Å². The number of aliphatic hydroxyl groups excluding tert-OH is 3. The summed E-state index contributed by atoms with van der Waals surface area (Å²) in [6, 6.07) is 0. The molecule has 1 fully saturated rings. The summed E-state index contributed by atoms with van der Waals surface area (Å²) in [5.74, 6) is 0. The van der Waals surface area contributed by atoms with E-state index in [1.807, 2.05) is 4.98 Å². The molecule has 1 aromatic heterocycles. The van der Waals surface area contributed by atoms with Gasteiger partial charge in [0.05, 0.1) is 18.4 Å². The zero-order valence-electron chi connectivity index (χ0n) is 11.6. The monoisotopic (exact) mass is 345 g/mol. The minimum absolute atomic E-state index is 0.0499. The van der Waals surface area contributed by atoms with Gasteiger partial charge in [-0.05, 0) is 12.2 Å². The molecule has 2 rings (SSSR count). The number of H-pyrrole nitrogens is 1. The van der Waals surface area contributed by atoms with Crippen LogP contribution in [-0.2, 0) is 4.74 Å². The first-order chi connectivity index (χ1) is 10.8. The van der Waals surface area contributed by atoms with E-state index in [-0.39, 0.29) is 10.7 Å². The molecule has 0 radical (unpaired) electrons. The topological polar surface area (TPSA) is 175 Å². The molecule has 7 N–H and O–H groups in total. The van der Waals surface area contributed by atoms with Crippen molar-refractivity contribution in [1.29, 1.82) is 0 Å². The molecule has 0 bridgehead atoms. The van der Waals surface area contributed by atoms with Crippen LogP contribution < -0.4 is 22.4 Å². The molecule has 0 saturated carbocycles. The Labute approximate surface area is 134 Å². The molecule has 0 aliphatic carbocycles. The summed E-state index contributed by atoms with van der Waals surface area (Å²) in [6.45, 7) is -0.543. The van der Waals surface area contributed by atoms with E-state index in [1.165, 1.54) is 0 Å². The lowest BCUT2D eigenvalue weighted by Gasteiger charge is -2.17. The first kappa shape index (κ1) is 17.2. The van der Waals surface area contributed by atoms with Crippen LogP contribution in [0.15, 0.2) is 20.9 Å². The van der Waals surface area contributed by atoms with Gasteiger partial charge in [-0.3, -0.25) is 19.8 Å². The molecule has 0 aromatic carbocycles. The van der Waals surface area contributed by atoms with Crippen molar-refractivity contribution in [2.45, 2.75) is 24.5 Å². The van der Waals surface area contributed by atoms with Gasteiger partial charge in [0, 0.05) is 6.20 Å². The maximum absolute atomic E-state index is 11.9. The van der Waals surface area contributed by atoms with Crippen molar-refractivity contribution in [2.75, 3.05) is 6.61 Å². The number of hydrogen-bond donors (Lipinski definition) is 6. The van der Waals surface area contributed by atoms with Crippen LogP contribution in [0.2, 0.25) is 0 Å².